The zero-order valence-corrected chi connectivity index (χ0v) is 22.0. The second kappa shape index (κ2) is 11.5. The Kier molecular flexibility index (Phi) is 8.69. The molecule has 1 aliphatic heterocycles. The molecule has 1 N–H and O–H groups in total. The number of allylic oxidation sites excluding steroid dienone is 8. The van der Waals surface area contributed by atoms with Crippen LogP contribution < -0.4 is 5.32 Å². The van der Waals surface area contributed by atoms with E-state index in [4.69, 9.17) is 0 Å². The smallest absolute Gasteiger partial charge is 0.360 e. The Hall–Kier alpha value is -3.74. The molecule has 0 aromatic carbocycles. The maximum atomic E-state index is 13.9. The minimum absolute atomic E-state index is 0.253. The van der Waals surface area contributed by atoms with E-state index < -0.39 is 11.7 Å². The van der Waals surface area contributed by atoms with E-state index in [0.29, 0.717) is 29.1 Å². The predicted molar refractivity (Wildman–Crippen MR) is 146 cm³/mol. The number of nitrogens with zero attached hydrogens (tertiary/aromatic N) is 3. The zero-order valence-electron chi connectivity index (χ0n) is 22.0. The Labute approximate surface area is 218 Å². The van der Waals surface area contributed by atoms with Crippen LogP contribution in [-0.2, 0) is 0 Å². The van der Waals surface area contributed by atoms with E-state index in [0.717, 1.165) is 36.9 Å². The number of halogens is 3. The number of rotatable bonds is 9. The largest absolute Gasteiger partial charge is 0.418 e. The quantitative estimate of drug-likeness (QED) is 0.347. The van der Waals surface area contributed by atoms with Crippen LogP contribution in [0.4, 0.5) is 13.2 Å². The van der Waals surface area contributed by atoms with Crippen molar-refractivity contribution >= 4 is 11.3 Å². The summed E-state index contributed by atoms with van der Waals surface area (Å²) in [6.45, 7) is 17.6. The molecule has 0 atom stereocenters. The van der Waals surface area contributed by atoms with Gasteiger partial charge in [-0.2, -0.15) is 13.2 Å². The van der Waals surface area contributed by atoms with Gasteiger partial charge in [-0.05, 0) is 62.5 Å². The Morgan fingerprint density at radius 3 is 2.43 bits per heavy atom. The van der Waals surface area contributed by atoms with E-state index in [2.05, 4.69) is 54.0 Å². The molecule has 37 heavy (non-hydrogen) atoms. The number of aromatic nitrogens is 1. The summed E-state index contributed by atoms with van der Waals surface area (Å²) in [5.41, 5.74) is 4.53. The number of hydrogen-bond acceptors (Lipinski definition) is 4. The first-order valence-corrected chi connectivity index (χ1v) is 12.3. The maximum Gasteiger partial charge on any atom is 0.418 e. The Balaban J connectivity index is 1.95. The molecule has 2 heterocycles. The molecule has 0 radical (unpaired) electrons. The molecule has 0 fully saturated rings. The van der Waals surface area contributed by atoms with Crippen molar-refractivity contribution in [2.45, 2.75) is 46.2 Å². The normalized spacial score (nSPS) is 16.9. The Morgan fingerprint density at radius 1 is 1.19 bits per heavy atom. The van der Waals surface area contributed by atoms with Crippen molar-refractivity contribution in [3.63, 3.8) is 0 Å². The first-order chi connectivity index (χ1) is 17.4. The third kappa shape index (κ3) is 6.73. The van der Waals surface area contributed by atoms with Gasteiger partial charge in [0.1, 0.15) is 5.82 Å². The predicted octanol–water partition coefficient (Wildman–Crippen LogP) is 7.68. The third-order valence-electron chi connectivity index (χ3n) is 6.42. The van der Waals surface area contributed by atoms with E-state index in [1.807, 2.05) is 24.2 Å². The van der Waals surface area contributed by atoms with E-state index in [-0.39, 0.29) is 5.70 Å². The molecule has 1 aliphatic carbocycles. The summed E-state index contributed by atoms with van der Waals surface area (Å²) in [6, 6.07) is 3.52. The van der Waals surface area contributed by atoms with Gasteiger partial charge in [-0.25, -0.2) is 0 Å². The Bertz CT molecular complexity index is 1240. The van der Waals surface area contributed by atoms with Crippen molar-refractivity contribution in [3.05, 3.63) is 114 Å². The van der Waals surface area contributed by atoms with Gasteiger partial charge in [0, 0.05) is 37.4 Å². The molecule has 0 unspecified atom stereocenters. The molecule has 0 spiro atoms. The lowest BCUT2D eigenvalue weighted by atomic mass is 9.96. The molecule has 4 nitrogen and oxygen atoms in total. The summed E-state index contributed by atoms with van der Waals surface area (Å²) in [4.78, 5) is 8.60. The number of pyridine rings is 1. The van der Waals surface area contributed by atoms with Gasteiger partial charge in [-0.3, -0.25) is 4.98 Å². The second-order valence-electron chi connectivity index (χ2n) is 9.24. The number of nitrogens with one attached hydrogen (secondary N) is 1. The molecule has 0 saturated carbocycles. The highest BCUT2D eigenvalue weighted by Gasteiger charge is 2.36. The van der Waals surface area contributed by atoms with E-state index in [9.17, 15) is 13.2 Å². The van der Waals surface area contributed by atoms with Crippen molar-refractivity contribution in [2.24, 2.45) is 0 Å². The fraction of sp³-hybridized carbons (Fsp3) is 0.300. The summed E-state index contributed by atoms with van der Waals surface area (Å²) in [7, 11) is 1.92. The molecule has 0 saturated heterocycles. The molecule has 7 heteroatoms. The van der Waals surface area contributed by atoms with Gasteiger partial charge in [0.15, 0.2) is 0 Å². The van der Waals surface area contributed by atoms with Crippen LogP contribution >= 0.6 is 0 Å². The standard InChI is InChI=1S/C30H35F3N4/c1-8-23-10-12-24(13-11-23)18-37-22(6)36(7)19-29(37)28-17-26(14-15-34-28)25(9-2)16-27(30(31,32)33)21(5)35-20(3)4/h9-10,12,14-17,19,35H,3,5-6,8,11,13,18H2,1-2,4,7H3/b25-9+,27-16+. The zero-order chi connectivity index (χ0) is 27.3. The van der Waals surface area contributed by atoms with Crippen LogP contribution in [0.25, 0.3) is 11.3 Å². The lowest BCUT2D eigenvalue weighted by Gasteiger charge is -2.27. The fourth-order valence-electron chi connectivity index (χ4n) is 4.29. The molecule has 0 amide bonds. The van der Waals surface area contributed by atoms with Gasteiger partial charge in [-0.1, -0.05) is 56.0 Å². The molecular formula is C30H35F3N4. The lowest BCUT2D eigenvalue weighted by Crippen LogP contribution is -2.24. The molecule has 1 aromatic heterocycles. The minimum Gasteiger partial charge on any atom is -0.360 e. The highest BCUT2D eigenvalue weighted by molar-refractivity contribution is 5.78. The van der Waals surface area contributed by atoms with Crippen LogP contribution in [0.15, 0.2) is 103 Å². The van der Waals surface area contributed by atoms with Crippen LogP contribution in [0.2, 0.25) is 0 Å². The van der Waals surface area contributed by atoms with Gasteiger partial charge in [0.05, 0.1) is 17.0 Å². The van der Waals surface area contributed by atoms with Crippen LogP contribution in [0.3, 0.4) is 0 Å². The van der Waals surface area contributed by atoms with Crippen LogP contribution in [-0.4, -0.2) is 34.6 Å². The molecule has 1 aromatic rings. The average Bonchev–Trinajstić information content (AvgIpc) is 3.12. The van der Waals surface area contributed by atoms with Gasteiger partial charge in [0.2, 0.25) is 0 Å². The lowest BCUT2D eigenvalue weighted by molar-refractivity contribution is -0.0896. The molecule has 0 bridgehead atoms. The molecule has 2 aliphatic rings. The van der Waals surface area contributed by atoms with Gasteiger partial charge >= 0.3 is 6.18 Å². The average molecular weight is 509 g/mol. The minimum atomic E-state index is -4.59. The second-order valence-corrected chi connectivity index (χ2v) is 9.24. The number of alkyl halides is 3. The van der Waals surface area contributed by atoms with E-state index >= 15 is 0 Å². The monoisotopic (exact) mass is 508 g/mol. The molecule has 3 rings (SSSR count). The van der Waals surface area contributed by atoms with Crippen LogP contribution in [0.1, 0.15) is 51.3 Å². The maximum absolute atomic E-state index is 13.9. The third-order valence-corrected chi connectivity index (χ3v) is 6.42. The van der Waals surface area contributed by atoms with Crippen LogP contribution in [0, 0.1) is 0 Å². The summed E-state index contributed by atoms with van der Waals surface area (Å²) in [5.74, 6) is 0.820. The van der Waals surface area contributed by atoms with Gasteiger partial charge in [0.25, 0.3) is 0 Å². The van der Waals surface area contributed by atoms with E-state index in [1.165, 1.54) is 11.1 Å². The van der Waals surface area contributed by atoms with Crippen molar-refractivity contribution < 1.29 is 13.2 Å². The highest BCUT2D eigenvalue weighted by atomic mass is 19.4. The molecular weight excluding hydrogens is 473 g/mol. The first-order valence-electron chi connectivity index (χ1n) is 12.3. The Morgan fingerprint density at radius 2 is 1.86 bits per heavy atom. The summed E-state index contributed by atoms with van der Waals surface area (Å²) < 4.78 is 41.7. The van der Waals surface area contributed by atoms with Crippen LogP contribution in [0.5, 0.6) is 0 Å². The topological polar surface area (TPSA) is 31.4 Å². The van der Waals surface area contributed by atoms with Crippen molar-refractivity contribution in [3.8, 4) is 0 Å². The van der Waals surface area contributed by atoms with E-state index in [1.54, 1.807) is 32.2 Å². The summed E-state index contributed by atoms with van der Waals surface area (Å²) >= 11 is 0. The number of hydrogen-bond donors (Lipinski definition) is 1. The molecule has 196 valence electrons. The highest BCUT2D eigenvalue weighted by Crippen LogP contribution is 2.35. The summed E-state index contributed by atoms with van der Waals surface area (Å²) in [6.07, 6.45) is 9.21. The SMILES string of the molecule is C=C(C)NC(=C)/C(=C\C(=C/C)c1ccnc(C2=CN(C)C(=C)N2CC2=CC=C(CC)CC2)c1)C(F)(F)F. The summed E-state index contributed by atoms with van der Waals surface area (Å²) in [5, 5.41) is 2.59. The first kappa shape index (κ1) is 27.8. The van der Waals surface area contributed by atoms with Crippen molar-refractivity contribution in [2.75, 3.05) is 13.6 Å². The fourth-order valence-corrected chi connectivity index (χ4v) is 4.29. The van der Waals surface area contributed by atoms with Gasteiger partial charge < -0.3 is 15.1 Å². The van der Waals surface area contributed by atoms with Crippen molar-refractivity contribution in [1.29, 1.82) is 0 Å². The van der Waals surface area contributed by atoms with Gasteiger partial charge in [-0.15, -0.1) is 0 Å². The van der Waals surface area contributed by atoms with Crippen molar-refractivity contribution in [1.82, 2.24) is 20.1 Å².